The van der Waals surface area contributed by atoms with Crippen molar-refractivity contribution in [2.24, 2.45) is 15.5 Å². The zero-order chi connectivity index (χ0) is 37.8. The van der Waals surface area contributed by atoms with Crippen molar-refractivity contribution in [2.45, 2.75) is 50.3 Å². The number of hydrogen-bond donors (Lipinski definition) is 1. The fourth-order valence-electron chi connectivity index (χ4n) is 5.18. The third-order valence-electron chi connectivity index (χ3n) is 7.79. The first-order valence-corrected chi connectivity index (χ1v) is 18.6. The molecule has 54 heavy (non-hydrogen) atoms. The number of fused-ring (bicyclic) bond motifs is 1. The van der Waals surface area contributed by atoms with Gasteiger partial charge in [0.05, 0.1) is 46.2 Å². The Bertz CT molecular complexity index is 2310. The molecule has 1 aliphatic rings. The van der Waals surface area contributed by atoms with Crippen molar-refractivity contribution in [1.82, 2.24) is 14.9 Å². The number of benzene rings is 3. The molecule has 20 heteroatoms. The molecular weight excluding hydrogens is 789 g/mol. The number of hydrogen-bond acceptors (Lipinski definition) is 15. The van der Waals surface area contributed by atoms with Crippen LogP contribution in [0.3, 0.4) is 0 Å². The fraction of sp³-hybridized carbons (Fsp3) is 0.294. The predicted octanol–water partition coefficient (Wildman–Crippen LogP) is -1.46. The topological polar surface area (TPSA) is 242 Å². The van der Waals surface area contributed by atoms with Crippen LogP contribution in [0.15, 0.2) is 80.5 Å². The minimum atomic E-state index is -5.06. The van der Waals surface area contributed by atoms with Crippen LogP contribution in [0, 0.1) is 35.0 Å². The number of nitrogens with zero attached hydrogens (tertiary/aromatic N) is 8. The predicted molar refractivity (Wildman–Crippen MR) is 189 cm³/mol. The maximum atomic E-state index is 11.4. The number of nitriles is 2. The summed E-state index contributed by atoms with van der Waals surface area (Å²) in [6.45, 7) is 8.76. The van der Waals surface area contributed by atoms with E-state index in [1.54, 1.807) is 24.3 Å². The molecule has 0 amide bonds. The van der Waals surface area contributed by atoms with Gasteiger partial charge >= 0.3 is 103 Å². The van der Waals surface area contributed by atoms with E-state index in [-0.39, 0.29) is 121 Å². The Kier molecular flexibility index (Phi) is 16.3. The number of aliphatic imine (C=N–C) groups is 1. The van der Waals surface area contributed by atoms with E-state index in [4.69, 9.17) is 30.3 Å². The SMILES string of the molecule is Cc1cc(N(CCC#N)CCC#N)ccc1N=C1C(C(C)(C)C)=Nn2nc(-c3ccc(NCOc4cc(S(=O)(=O)[O-])cc(S(=O)(=O)[O-])c4)cc3)nc21.[K+].[K+]. The van der Waals surface area contributed by atoms with Gasteiger partial charge in [-0.05, 0) is 73.2 Å². The Balaban J connectivity index is 0.00000392. The number of aromatic nitrogens is 3. The normalized spacial score (nSPS) is 13.1. The van der Waals surface area contributed by atoms with Gasteiger partial charge in [-0.2, -0.15) is 15.6 Å². The molecule has 3 aromatic carbocycles. The molecule has 4 aromatic rings. The standard InChI is InChI=1S/C34H35N9O7S2.2K/c1-22-17-25(42(15-5-13-35)16-6-14-36)11-12-29(22)38-30-31(34(2,3)4)40-43-33(30)39-32(41-43)23-7-9-24(10-8-23)37-21-50-26-18-27(51(44,45)46)20-28(19-26)52(47,48)49;;/h7-12,17-20,37H,5-6,15-16,21H2,1-4H3,(H,44,45,46)(H,47,48,49);;/q;2*+1/p-2. The third kappa shape index (κ3) is 11.6. The van der Waals surface area contributed by atoms with Crippen molar-refractivity contribution >= 4 is 48.7 Å². The molecule has 2 heterocycles. The Morgan fingerprint density at radius 3 is 2.02 bits per heavy atom. The monoisotopic (exact) mass is 821 g/mol. The summed E-state index contributed by atoms with van der Waals surface area (Å²) in [7, 11) is -10.1. The zero-order valence-electron chi connectivity index (χ0n) is 30.6. The van der Waals surface area contributed by atoms with E-state index in [1.165, 1.54) is 4.79 Å². The molecule has 1 aliphatic heterocycles. The van der Waals surface area contributed by atoms with Crippen molar-refractivity contribution in [2.75, 3.05) is 30.0 Å². The summed E-state index contributed by atoms with van der Waals surface area (Å²) in [6.07, 6.45) is 0.670. The van der Waals surface area contributed by atoms with E-state index in [0.717, 1.165) is 23.4 Å². The van der Waals surface area contributed by atoms with E-state index in [1.807, 2.05) is 50.8 Å². The molecule has 0 radical (unpaired) electrons. The van der Waals surface area contributed by atoms with Crippen LogP contribution >= 0.6 is 0 Å². The minimum Gasteiger partial charge on any atom is -0.744 e. The second-order valence-electron chi connectivity index (χ2n) is 12.7. The smallest absolute Gasteiger partial charge is 0.744 e. The van der Waals surface area contributed by atoms with Gasteiger partial charge in [0.15, 0.2) is 12.6 Å². The van der Waals surface area contributed by atoms with Crippen LogP contribution in [-0.4, -0.2) is 72.1 Å². The van der Waals surface area contributed by atoms with Gasteiger partial charge in [-0.25, -0.2) is 26.8 Å². The largest absolute Gasteiger partial charge is 1.00 e. The third-order valence-corrected chi connectivity index (χ3v) is 9.41. The van der Waals surface area contributed by atoms with Crippen molar-refractivity contribution in [3.8, 4) is 29.3 Å². The van der Waals surface area contributed by atoms with E-state index < -0.39 is 30.0 Å². The van der Waals surface area contributed by atoms with Crippen LogP contribution in [0.5, 0.6) is 5.75 Å². The first-order valence-electron chi connectivity index (χ1n) is 15.8. The summed E-state index contributed by atoms with van der Waals surface area (Å²) >= 11 is 0. The molecule has 0 saturated heterocycles. The summed E-state index contributed by atoms with van der Waals surface area (Å²) in [6, 6.07) is 19.2. The molecule has 1 aromatic heterocycles. The van der Waals surface area contributed by atoms with Crippen molar-refractivity contribution in [3.05, 3.63) is 72.1 Å². The number of anilines is 2. The van der Waals surface area contributed by atoms with Gasteiger partial charge in [-0.15, -0.1) is 9.89 Å². The maximum Gasteiger partial charge on any atom is 1.00 e. The molecule has 0 spiro atoms. The van der Waals surface area contributed by atoms with Crippen LogP contribution in [0.4, 0.5) is 17.1 Å². The van der Waals surface area contributed by atoms with Gasteiger partial charge in [0.1, 0.15) is 31.7 Å². The quantitative estimate of drug-likeness (QED) is 0.0922. The summed E-state index contributed by atoms with van der Waals surface area (Å²) < 4.78 is 74.1. The van der Waals surface area contributed by atoms with Crippen LogP contribution in [0.2, 0.25) is 0 Å². The first-order chi connectivity index (χ1) is 24.5. The number of nitrogens with one attached hydrogen (secondary N) is 1. The Labute approximate surface area is 399 Å². The molecule has 0 fully saturated rings. The second-order valence-corrected chi connectivity index (χ2v) is 15.4. The Hall–Kier alpha value is -2.39. The van der Waals surface area contributed by atoms with Gasteiger partial charge in [0, 0.05) is 35.4 Å². The summed E-state index contributed by atoms with van der Waals surface area (Å²) in [5.74, 6) is 0.548. The van der Waals surface area contributed by atoms with Gasteiger partial charge in [0.25, 0.3) is 0 Å². The van der Waals surface area contributed by atoms with Gasteiger partial charge in [-0.1, -0.05) is 20.8 Å². The number of aryl methyl sites for hydroxylation is 1. The number of ether oxygens (including phenoxy) is 1. The second kappa shape index (κ2) is 19.2. The Morgan fingerprint density at radius 2 is 1.50 bits per heavy atom. The average Bonchev–Trinajstić information content (AvgIpc) is 3.64. The summed E-state index contributed by atoms with van der Waals surface area (Å²) in [5.41, 5.74) is 4.62. The molecule has 0 atom stereocenters. The summed E-state index contributed by atoms with van der Waals surface area (Å²) in [4.78, 5) is 11.4. The molecule has 16 nitrogen and oxygen atoms in total. The van der Waals surface area contributed by atoms with Gasteiger partial charge in [-0.3, -0.25) is 0 Å². The molecule has 0 bridgehead atoms. The zero-order valence-corrected chi connectivity index (χ0v) is 38.4. The van der Waals surface area contributed by atoms with E-state index in [9.17, 15) is 25.9 Å². The molecule has 270 valence electrons. The minimum absolute atomic E-state index is 0. The number of rotatable bonds is 13. The van der Waals surface area contributed by atoms with Crippen molar-refractivity contribution in [3.63, 3.8) is 0 Å². The molecule has 0 unspecified atom stereocenters. The average molecular weight is 822 g/mol. The fourth-order valence-corrected chi connectivity index (χ4v) is 6.32. The molecule has 0 saturated carbocycles. The molecule has 1 N–H and O–H groups in total. The first kappa shape index (κ1) is 46.0. The molecule has 0 aliphatic carbocycles. The van der Waals surface area contributed by atoms with Crippen LogP contribution in [-0.2, 0) is 20.2 Å². The molecule has 5 rings (SSSR count). The van der Waals surface area contributed by atoms with Crippen molar-refractivity contribution in [1.29, 1.82) is 10.5 Å². The summed E-state index contributed by atoms with van der Waals surface area (Å²) in [5, 5.41) is 30.4. The van der Waals surface area contributed by atoms with Crippen LogP contribution in [0.25, 0.3) is 11.4 Å². The van der Waals surface area contributed by atoms with Gasteiger partial charge in [0.2, 0.25) is 5.82 Å². The van der Waals surface area contributed by atoms with Crippen LogP contribution in [0.1, 0.15) is 45.0 Å². The van der Waals surface area contributed by atoms with Crippen molar-refractivity contribution < 1.29 is 133 Å². The Morgan fingerprint density at radius 1 is 0.907 bits per heavy atom. The van der Waals surface area contributed by atoms with Gasteiger partial charge < -0.3 is 24.1 Å². The van der Waals surface area contributed by atoms with E-state index in [0.29, 0.717) is 72.0 Å². The maximum absolute atomic E-state index is 11.4. The van der Waals surface area contributed by atoms with E-state index in [2.05, 4.69) is 22.6 Å². The molecular formula is C34H33K2N9O7S2. The van der Waals surface area contributed by atoms with E-state index >= 15 is 0 Å². The van der Waals surface area contributed by atoms with Crippen LogP contribution < -0.4 is 118 Å².